The second kappa shape index (κ2) is 8.11. The highest BCUT2D eigenvalue weighted by molar-refractivity contribution is 6.21. The van der Waals surface area contributed by atoms with Crippen LogP contribution in [0, 0.1) is 5.41 Å². The minimum Gasteiger partial charge on any atom is -0.497 e. The van der Waals surface area contributed by atoms with Crippen LogP contribution >= 0.6 is 0 Å². The molecule has 2 aliphatic rings. The van der Waals surface area contributed by atoms with Crippen LogP contribution in [0.15, 0.2) is 48.5 Å². The van der Waals surface area contributed by atoms with E-state index >= 15 is 0 Å². The number of nitrogens with zero attached hydrogens (tertiary/aromatic N) is 1. The fourth-order valence-corrected chi connectivity index (χ4v) is 3.87. The van der Waals surface area contributed by atoms with Crippen molar-refractivity contribution < 1.29 is 33.4 Å². The van der Waals surface area contributed by atoms with Crippen molar-refractivity contribution in [3.05, 3.63) is 65.2 Å². The zero-order valence-corrected chi connectivity index (χ0v) is 18.0. The third kappa shape index (κ3) is 3.72. The number of methoxy groups -OCH3 is 1. The summed E-state index contributed by atoms with van der Waals surface area (Å²) in [5.74, 6) is -2.69. The molecule has 1 saturated heterocycles. The summed E-state index contributed by atoms with van der Waals surface area (Å²) < 4.78 is 15.8. The highest BCUT2D eigenvalue weighted by Crippen LogP contribution is 2.34. The normalized spacial score (nSPS) is 20.0. The number of amides is 2. The Morgan fingerprint density at radius 3 is 2.16 bits per heavy atom. The lowest BCUT2D eigenvalue weighted by molar-refractivity contribution is -0.164. The fourth-order valence-electron chi connectivity index (χ4n) is 3.87. The van der Waals surface area contributed by atoms with Gasteiger partial charge in [-0.1, -0.05) is 38.1 Å². The molecule has 2 atom stereocenters. The first kappa shape index (κ1) is 21.5. The molecule has 8 heteroatoms. The van der Waals surface area contributed by atoms with E-state index in [9.17, 15) is 19.2 Å². The van der Waals surface area contributed by atoms with Gasteiger partial charge in [-0.3, -0.25) is 19.3 Å². The van der Waals surface area contributed by atoms with Gasteiger partial charge in [0.2, 0.25) is 6.10 Å². The summed E-state index contributed by atoms with van der Waals surface area (Å²) in [4.78, 5) is 52.1. The number of carbonyl (C=O) groups is 4. The van der Waals surface area contributed by atoms with Crippen LogP contribution in [0.25, 0.3) is 0 Å². The maximum Gasteiger partial charge on any atom is 0.348 e. The average molecular weight is 437 g/mol. The molecule has 2 aromatic carbocycles. The second-order valence-corrected chi connectivity index (χ2v) is 8.51. The number of hydrogen-bond acceptors (Lipinski definition) is 7. The molecular weight excluding hydrogens is 414 g/mol. The molecule has 0 aromatic heterocycles. The van der Waals surface area contributed by atoms with E-state index < -0.39 is 41.2 Å². The predicted octanol–water partition coefficient (Wildman–Crippen LogP) is 2.57. The molecular formula is C24H23NO7. The van der Waals surface area contributed by atoms with E-state index in [0.717, 1.165) is 4.90 Å². The number of esters is 2. The molecule has 0 spiro atoms. The number of hydrogen-bond donors (Lipinski definition) is 0. The van der Waals surface area contributed by atoms with Crippen molar-refractivity contribution in [2.24, 2.45) is 5.41 Å². The van der Waals surface area contributed by atoms with E-state index in [1.165, 1.54) is 7.11 Å². The van der Waals surface area contributed by atoms with Crippen molar-refractivity contribution in [3.8, 4) is 5.75 Å². The first-order valence-electron chi connectivity index (χ1n) is 10.2. The molecule has 2 heterocycles. The van der Waals surface area contributed by atoms with Gasteiger partial charge in [-0.2, -0.15) is 0 Å². The van der Waals surface area contributed by atoms with Gasteiger partial charge in [-0.05, 0) is 29.8 Å². The summed E-state index contributed by atoms with van der Waals surface area (Å²) in [7, 11) is 1.52. The summed E-state index contributed by atoms with van der Waals surface area (Å²) in [5.41, 5.74) is 0.420. The number of carbonyl (C=O) groups excluding carboxylic acids is 4. The minimum atomic E-state index is -1.07. The van der Waals surface area contributed by atoms with Crippen molar-refractivity contribution >= 4 is 23.8 Å². The zero-order valence-electron chi connectivity index (χ0n) is 18.0. The van der Waals surface area contributed by atoms with Gasteiger partial charge >= 0.3 is 11.9 Å². The quantitative estimate of drug-likeness (QED) is 0.506. The Hall–Kier alpha value is -3.68. The molecule has 0 saturated carbocycles. The molecule has 32 heavy (non-hydrogen) atoms. The number of benzene rings is 2. The Bertz CT molecular complexity index is 1050. The van der Waals surface area contributed by atoms with E-state index in [4.69, 9.17) is 14.2 Å². The molecule has 0 radical (unpaired) electrons. The zero-order chi connectivity index (χ0) is 23.0. The van der Waals surface area contributed by atoms with Gasteiger partial charge in [0.25, 0.3) is 11.8 Å². The van der Waals surface area contributed by atoms with E-state index in [-0.39, 0.29) is 13.2 Å². The smallest absolute Gasteiger partial charge is 0.348 e. The van der Waals surface area contributed by atoms with Crippen molar-refractivity contribution in [1.29, 1.82) is 0 Å². The molecule has 0 unspecified atom stereocenters. The Morgan fingerprint density at radius 2 is 1.66 bits per heavy atom. The molecule has 4 rings (SSSR count). The number of cyclic esters (lactones) is 1. The highest BCUT2D eigenvalue weighted by atomic mass is 16.6. The number of fused-ring (bicyclic) bond motifs is 1. The third-order valence-electron chi connectivity index (χ3n) is 5.79. The van der Waals surface area contributed by atoms with E-state index in [1.807, 2.05) is 0 Å². The van der Waals surface area contributed by atoms with E-state index in [1.54, 1.807) is 62.4 Å². The van der Waals surface area contributed by atoms with Gasteiger partial charge in [0.1, 0.15) is 18.3 Å². The van der Waals surface area contributed by atoms with Gasteiger partial charge in [0, 0.05) is 12.0 Å². The van der Waals surface area contributed by atoms with Crippen molar-refractivity contribution in [1.82, 2.24) is 4.90 Å². The average Bonchev–Trinajstić information content (AvgIpc) is 3.19. The van der Waals surface area contributed by atoms with Gasteiger partial charge in [-0.15, -0.1) is 0 Å². The van der Waals surface area contributed by atoms with Crippen LogP contribution in [-0.2, 0) is 19.1 Å². The van der Waals surface area contributed by atoms with Crippen LogP contribution in [0.2, 0.25) is 0 Å². The Kier molecular flexibility index (Phi) is 5.46. The predicted molar refractivity (Wildman–Crippen MR) is 112 cm³/mol. The van der Waals surface area contributed by atoms with Crippen molar-refractivity contribution in [3.63, 3.8) is 0 Å². The highest BCUT2D eigenvalue weighted by Gasteiger charge is 2.48. The molecule has 2 amide bonds. The monoisotopic (exact) mass is 437 g/mol. The molecule has 0 aliphatic carbocycles. The van der Waals surface area contributed by atoms with Crippen LogP contribution in [0.3, 0.4) is 0 Å². The van der Waals surface area contributed by atoms with Crippen LogP contribution < -0.4 is 4.74 Å². The maximum absolute atomic E-state index is 13.3. The molecule has 2 aromatic rings. The van der Waals surface area contributed by atoms with Crippen LogP contribution in [-0.4, -0.2) is 55.0 Å². The van der Waals surface area contributed by atoms with Gasteiger partial charge in [0.15, 0.2) is 0 Å². The number of rotatable bonds is 6. The first-order chi connectivity index (χ1) is 15.2. The first-order valence-corrected chi connectivity index (χ1v) is 10.2. The molecule has 166 valence electrons. The third-order valence-corrected chi connectivity index (χ3v) is 5.79. The second-order valence-electron chi connectivity index (χ2n) is 8.51. The van der Waals surface area contributed by atoms with Crippen LogP contribution in [0.4, 0.5) is 0 Å². The Morgan fingerprint density at radius 1 is 1.06 bits per heavy atom. The van der Waals surface area contributed by atoms with Crippen molar-refractivity contribution in [2.75, 3.05) is 20.3 Å². The van der Waals surface area contributed by atoms with Gasteiger partial charge in [-0.25, -0.2) is 4.79 Å². The Balaban J connectivity index is 1.64. The molecule has 8 nitrogen and oxygen atoms in total. The summed E-state index contributed by atoms with van der Waals surface area (Å²) >= 11 is 0. The number of ether oxygens (including phenoxy) is 3. The SMILES string of the molecule is COc1ccc([C@H](CN2C(=O)c3ccccc3C2=O)C(=O)O[C@H]2C(=O)OCC2(C)C)cc1. The van der Waals surface area contributed by atoms with Crippen molar-refractivity contribution in [2.45, 2.75) is 25.9 Å². The summed E-state index contributed by atoms with van der Waals surface area (Å²) in [6, 6.07) is 13.2. The molecule has 0 bridgehead atoms. The summed E-state index contributed by atoms with van der Waals surface area (Å²) in [6.07, 6.45) is -1.07. The number of imide groups is 1. The van der Waals surface area contributed by atoms with Gasteiger partial charge < -0.3 is 14.2 Å². The largest absolute Gasteiger partial charge is 0.497 e. The van der Waals surface area contributed by atoms with Crippen LogP contribution in [0.1, 0.15) is 46.0 Å². The minimum absolute atomic E-state index is 0.134. The molecule has 2 aliphatic heterocycles. The lowest BCUT2D eigenvalue weighted by atomic mass is 9.89. The topological polar surface area (TPSA) is 99.2 Å². The lowest BCUT2D eigenvalue weighted by Crippen LogP contribution is -2.40. The van der Waals surface area contributed by atoms with E-state index in [2.05, 4.69) is 0 Å². The molecule has 0 N–H and O–H groups in total. The molecule has 1 fully saturated rings. The van der Waals surface area contributed by atoms with E-state index in [0.29, 0.717) is 22.4 Å². The standard InChI is InChI=1S/C24H23NO7/c1-24(2)13-31-23(29)19(24)32-22(28)18(14-8-10-15(30-3)11-9-14)12-25-20(26)16-6-4-5-7-17(16)21(25)27/h4-11,18-19H,12-13H2,1-3H3/t18-,19-/m0/s1. The fraction of sp³-hybridized carbons (Fsp3) is 0.333. The van der Waals surface area contributed by atoms with Crippen LogP contribution in [0.5, 0.6) is 5.75 Å². The lowest BCUT2D eigenvalue weighted by Gasteiger charge is -2.26. The van der Waals surface area contributed by atoms with Gasteiger partial charge in [0.05, 0.1) is 18.2 Å². The summed E-state index contributed by atoms with van der Waals surface area (Å²) in [6.45, 7) is 3.44. The maximum atomic E-state index is 13.3. The Labute approximate surface area is 185 Å². The summed E-state index contributed by atoms with van der Waals surface area (Å²) in [5, 5.41) is 0.